The molecule has 0 spiro atoms. The van der Waals surface area contributed by atoms with Crippen LogP contribution in [0.15, 0.2) is 18.2 Å². The number of aryl methyl sites for hydroxylation is 1. The fourth-order valence-electron chi connectivity index (χ4n) is 1.08. The molecule has 0 aliphatic carbocycles. The minimum absolute atomic E-state index is 0.0182. The van der Waals surface area contributed by atoms with Crippen LogP contribution in [0.2, 0.25) is 0 Å². The second kappa shape index (κ2) is 4.12. The molecule has 1 aromatic carbocycles. The maximum Gasteiger partial charge on any atom is 0.130 e. The van der Waals surface area contributed by atoms with Crippen LogP contribution in [-0.4, -0.2) is 5.78 Å². The van der Waals surface area contributed by atoms with Gasteiger partial charge in [-0.2, -0.15) is 0 Å². The predicted molar refractivity (Wildman–Crippen MR) is 45.4 cm³/mol. The van der Waals surface area contributed by atoms with Gasteiger partial charge in [0.15, 0.2) is 0 Å². The molecule has 0 saturated carbocycles. The summed E-state index contributed by atoms with van der Waals surface area (Å²) in [4.78, 5) is 10.6. The lowest BCUT2D eigenvalue weighted by molar-refractivity contribution is -0.116. The molecule has 0 heterocycles. The Balaban J connectivity index is 2.71. The van der Waals surface area contributed by atoms with Crippen LogP contribution in [0.25, 0.3) is 0 Å². The summed E-state index contributed by atoms with van der Waals surface area (Å²) in [6.45, 7) is 1.45. The molecular weight excluding hydrogens is 174 g/mol. The Hall–Kier alpha value is -1.25. The van der Waals surface area contributed by atoms with Crippen molar-refractivity contribution in [1.29, 1.82) is 0 Å². The number of hydrogen-bond acceptors (Lipinski definition) is 1. The van der Waals surface area contributed by atoms with E-state index in [4.69, 9.17) is 0 Å². The molecular formula is C10H10F2O. The van der Waals surface area contributed by atoms with Crippen molar-refractivity contribution in [1.82, 2.24) is 0 Å². The van der Waals surface area contributed by atoms with Crippen LogP contribution < -0.4 is 0 Å². The number of ketones is 1. The molecule has 70 valence electrons. The van der Waals surface area contributed by atoms with Crippen LogP contribution in [0.1, 0.15) is 18.9 Å². The molecule has 0 radical (unpaired) electrons. The Kier molecular flexibility index (Phi) is 3.12. The standard InChI is InChI=1S/C10H10F2O/c1-7(13)2-3-8-4-9(11)6-10(12)5-8/h4-6H,2-3H2,1H3. The molecule has 0 bridgehead atoms. The summed E-state index contributed by atoms with van der Waals surface area (Å²) in [5, 5.41) is 0. The van der Waals surface area contributed by atoms with E-state index < -0.39 is 11.6 Å². The molecule has 13 heavy (non-hydrogen) atoms. The molecule has 1 nitrogen and oxygen atoms in total. The molecule has 1 aromatic rings. The zero-order chi connectivity index (χ0) is 9.84. The Labute approximate surface area is 75.4 Å². The fourth-order valence-corrected chi connectivity index (χ4v) is 1.08. The summed E-state index contributed by atoms with van der Waals surface area (Å²) < 4.78 is 25.3. The predicted octanol–water partition coefficient (Wildman–Crippen LogP) is 2.49. The number of carbonyl (C=O) groups is 1. The van der Waals surface area contributed by atoms with Crippen molar-refractivity contribution in [2.45, 2.75) is 19.8 Å². The highest BCUT2D eigenvalue weighted by atomic mass is 19.1. The summed E-state index contributed by atoms with van der Waals surface area (Å²) in [5.41, 5.74) is 0.521. The van der Waals surface area contributed by atoms with Crippen LogP contribution in [0.3, 0.4) is 0 Å². The second-order valence-electron chi connectivity index (χ2n) is 2.98. The summed E-state index contributed by atoms with van der Waals surface area (Å²) in [5.74, 6) is -1.18. The van der Waals surface area contributed by atoms with E-state index in [1.165, 1.54) is 19.1 Å². The molecule has 0 aliphatic heterocycles. The van der Waals surface area contributed by atoms with E-state index in [1.54, 1.807) is 0 Å². The van der Waals surface area contributed by atoms with Gasteiger partial charge in [-0.3, -0.25) is 0 Å². The number of halogens is 2. The molecule has 0 saturated heterocycles. The van der Waals surface area contributed by atoms with Gasteiger partial charge in [-0.25, -0.2) is 8.78 Å². The maximum absolute atomic E-state index is 12.6. The smallest absolute Gasteiger partial charge is 0.130 e. The Morgan fingerprint density at radius 3 is 2.23 bits per heavy atom. The minimum atomic E-state index is -0.599. The Morgan fingerprint density at radius 2 is 1.77 bits per heavy atom. The zero-order valence-electron chi connectivity index (χ0n) is 7.31. The van der Waals surface area contributed by atoms with Crippen molar-refractivity contribution >= 4 is 5.78 Å². The zero-order valence-corrected chi connectivity index (χ0v) is 7.31. The van der Waals surface area contributed by atoms with Crippen molar-refractivity contribution in [2.75, 3.05) is 0 Å². The largest absolute Gasteiger partial charge is 0.300 e. The first-order valence-corrected chi connectivity index (χ1v) is 4.02. The number of benzene rings is 1. The quantitative estimate of drug-likeness (QED) is 0.705. The highest BCUT2D eigenvalue weighted by Gasteiger charge is 2.01. The van der Waals surface area contributed by atoms with Crippen molar-refractivity contribution in [3.05, 3.63) is 35.4 Å². The van der Waals surface area contributed by atoms with Crippen LogP contribution in [-0.2, 0) is 11.2 Å². The van der Waals surface area contributed by atoms with Crippen LogP contribution in [0.4, 0.5) is 8.78 Å². The minimum Gasteiger partial charge on any atom is -0.300 e. The average molecular weight is 184 g/mol. The van der Waals surface area contributed by atoms with Crippen molar-refractivity contribution < 1.29 is 13.6 Å². The van der Waals surface area contributed by atoms with E-state index in [1.807, 2.05) is 0 Å². The third-order valence-corrected chi connectivity index (χ3v) is 1.69. The third kappa shape index (κ3) is 3.32. The molecule has 1 rings (SSSR count). The molecule has 3 heteroatoms. The average Bonchev–Trinajstić information content (AvgIpc) is 1.99. The summed E-state index contributed by atoms with van der Waals surface area (Å²) in [6.07, 6.45) is 0.715. The van der Waals surface area contributed by atoms with E-state index >= 15 is 0 Å². The molecule has 0 atom stereocenters. The van der Waals surface area contributed by atoms with Crippen LogP contribution >= 0.6 is 0 Å². The normalized spacial score (nSPS) is 10.1. The number of carbonyl (C=O) groups excluding carboxylic acids is 1. The van der Waals surface area contributed by atoms with Gasteiger partial charge in [-0.1, -0.05) is 0 Å². The molecule has 0 unspecified atom stereocenters. The topological polar surface area (TPSA) is 17.1 Å². The van der Waals surface area contributed by atoms with Gasteiger partial charge < -0.3 is 4.79 Å². The van der Waals surface area contributed by atoms with E-state index in [9.17, 15) is 13.6 Å². The number of Topliss-reactive ketones (excluding diaryl/α,β-unsaturated/α-hetero) is 1. The highest BCUT2D eigenvalue weighted by molar-refractivity contribution is 5.75. The summed E-state index contributed by atoms with van der Waals surface area (Å²) >= 11 is 0. The van der Waals surface area contributed by atoms with Gasteiger partial charge in [0.1, 0.15) is 17.4 Å². The first kappa shape index (κ1) is 9.84. The van der Waals surface area contributed by atoms with Crippen molar-refractivity contribution in [3.8, 4) is 0 Å². The monoisotopic (exact) mass is 184 g/mol. The van der Waals surface area contributed by atoms with Crippen LogP contribution in [0.5, 0.6) is 0 Å². The van der Waals surface area contributed by atoms with Gasteiger partial charge in [0.05, 0.1) is 0 Å². The molecule has 0 aliphatic rings. The van der Waals surface area contributed by atoms with Gasteiger partial charge in [-0.05, 0) is 31.0 Å². The maximum atomic E-state index is 12.6. The first-order valence-electron chi connectivity index (χ1n) is 4.02. The molecule has 0 aromatic heterocycles. The highest BCUT2D eigenvalue weighted by Crippen LogP contribution is 2.09. The summed E-state index contributed by atoms with van der Waals surface area (Å²) in [6, 6.07) is 3.30. The van der Waals surface area contributed by atoms with Gasteiger partial charge in [-0.15, -0.1) is 0 Å². The van der Waals surface area contributed by atoms with Crippen molar-refractivity contribution in [3.63, 3.8) is 0 Å². The lowest BCUT2D eigenvalue weighted by atomic mass is 10.1. The van der Waals surface area contributed by atoms with Gasteiger partial charge in [0, 0.05) is 12.5 Å². The van der Waals surface area contributed by atoms with E-state index in [-0.39, 0.29) is 5.78 Å². The van der Waals surface area contributed by atoms with Crippen molar-refractivity contribution in [2.24, 2.45) is 0 Å². The van der Waals surface area contributed by atoms with Gasteiger partial charge in [0.25, 0.3) is 0 Å². The fraction of sp³-hybridized carbons (Fsp3) is 0.300. The number of hydrogen-bond donors (Lipinski definition) is 0. The lowest BCUT2D eigenvalue weighted by Crippen LogP contribution is -1.95. The van der Waals surface area contributed by atoms with E-state index in [0.29, 0.717) is 18.4 Å². The van der Waals surface area contributed by atoms with Crippen LogP contribution in [0, 0.1) is 11.6 Å². The number of rotatable bonds is 3. The Morgan fingerprint density at radius 1 is 1.23 bits per heavy atom. The third-order valence-electron chi connectivity index (χ3n) is 1.69. The molecule has 0 amide bonds. The molecule has 0 N–H and O–H groups in total. The van der Waals surface area contributed by atoms with E-state index in [0.717, 1.165) is 6.07 Å². The van der Waals surface area contributed by atoms with Gasteiger partial charge >= 0.3 is 0 Å². The van der Waals surface area contributed by atoms with Gasteiger partial charge in [0.2, 0.25) is 0 Å². The SMILES string of the molecule is CC(=O)CCc1cc(F)cc(F)c1. The molecule has 0 fully saturated rings. The lowest BCUT2D eigenvalue weighted by Gasteiger charge is -1.99. The Bertz CT molecular complexity index is 300. The van der Waals surface area contributed by atoms with E-state index in [2.05, 4.69) is 0 Å². The first-order chi connectivity index (χ1) is 6.08. The summed E-state index contributed by atoms with van der Waals surface area (Å²) in [7, 11) is 0. The second-order valence-corrected chi connectivity index (χ2v) is 2.98.